The fourth-order valence-electron chi connectivity index (χ4n) is 3.53. The van der Waals surface area contributed by atoms with E-state index in [1.807, 2.05) is 0 Å². The van der Waals surface area contributed by atoms with Crippen molar-refractivity contribution in [2.24, 2.45) is 0 Å². The van der Waals surface area contributed by atoms with Crippen LogP contribution in [0.3, 0.4) is 0 Å². The van der Waals surface area contributed by atoms with Gasteiger partial charge in [0.2, 0.25) is 5.88 Å². The van der Waals surface area contributed by atoms with Crippen molar-refractivity contribution in [1.82, 2.24) is 20.3 Å². The minimum Gasteiger partial charge on any atom is -0.473 e. The Bertz CT molecular complexity index is 1150. The molecule has 1 aliphatic rings. The van der Waals surface area contributed by atoms with E-state index in [0.717, 1.165) is 56.6 Å². The number of nitrogens with two attached hydrogens (primary N) is 1. The van der Waals surface area contributed by atoms with E-state index in [1.54, 1.807) is 0 Å². The maximum Gasteiger partial charge on any atom is 0.276 e. The van der Waals surface area contributed by atoms with Crippen molar-refractivity contribution in [2.75, 3.05) is 24.1 Å². The second-order valence-electron chi connectivity index (χ2n) is 7.47. The van der Waals surface area contributed by atoms with Crippen LogP contribution in [0.25, 0.3) is 11.3 Å². The molecule has 172 valence electrons. The van der Waals surface area contributed by atoms with Crippen LogP contribution in [0.2, 0.25) is 0 Å². The van der Waals surface area contributed by atoms with Gasteiger partial charge in [-0.15, -0.1) is 0 Å². The number of hydrogen-bond acceptors (Lipinski definition) is 7. The lowest BCUT2D eigenvalue weighted by Crippen LogP contribution is -2.22. The van der Waals surface area contributed by atoms with E-state index in [9.17, 15) is 18.0 Å². The van der Waals surface area contributed by atoms with Crippen molar-refractivity contribution in [1.29, 1.82) is 0 Å². The second kappa shape index (κ2) is 9.82. The first-order chi connectivity index (χ1) is 15.9. The predicted octanol–water partition coefficient (Wildman–Crippen LogP) is 3.31. The van der Waals surface area contributed by atoms with E-state index < -0.39 is 40.3 Å². The standard InChI is InChI=1S/C22H21F3N6O2/c23-13-4-1-5-14(24)18(13)19-15(25)9-16(26)20(31-19)21(32)30-17-10-28-11-29-22(17)33-12-3-2-7-27-8-6-12/h1,4-5,9-12,27H,2-3,6-8,26H2,(H,30,32). The number of hydrogen-bond donors (Lipinski definition) is 3. The Kier molecular flexibility index (Phi) is 6.68. The number of nitrogen functional groups attached to an aromatic ring is 1. The van der Waals surface area contributed by atoms with E-state index in [2.05, 4.69) is 25.6 Å². The normalized spacial score (nSPS) is 16.2. The van der Waals surface area contributed by atoms with Gasteiger partial charge in [-0.1, -0.05) is 6.07 Å². The minimum absolute atomic E-state index is 0.102. The molecule has 1 amide bonds. The van der Waals surface area contributed by atoms with Crippen LogP contribution in [0.5, 0.6) is 5.88 Å². The Morgan fingerprint density at radius 2 is 1.94 bits per heavy atom. The summed E-state index contributed by atoms with van der Waals surface area (Å²) in [4.78, 5) is 24.7. The third kappa shape index (κ3) is 5.03. The summed E-state index contributed by atoms with van der Waals surface area (Å²) in [5.74, 6) is -3.80. The smallest absolute Gasteiger partial charge is 0.276 e. The number of nitrogens with zero attached hydrogens (tertiary/aromatic N) is 3. The Morgan fingerprint density at radius 1 is 1.15 bits per heavy atom. The summed E-state index contributed by atoms with van der Waals surface area (Å²) in [5.41, 5.74) is 3.85. The lowest BCUT2D eigenvalue weighted by molar-refractivity contribution is 0.102. The van der Waals surface area contributed by atoms with E-state index in [-0.39, 0.29) is 23.4 Å². The third-order valence-electron chi connectivity index (χ3n) is 5.15. The number of benzene rings is 1. The third-order valence-corrected chi connectivity index (χ3v) is 5.15. The Morgan fingerprint density at radius 3 is 2.73 bits per heavy atom. The van der Waals surface area contributed by atoms with E-state index in [1.165, 1.54) is 12.5 Å². The number of halogens is 3. The van der Waals surface area contributed by atoms with Gasteiger partial charge in [0.15, 0.2) is 11.5 Å². The van der Waals surface area contributed by atoms with Crippen LogP contribution < -0.4 is 21.1 Å². The number of nitrogens with one attached hydrogen (secondary N) is 2. The van der Waals surface area contributed by atoms with E-state index in [0.29, 0.717) is 0 Å². The molecule has 1 aromatic carbocycles. The van der Waals surface area contributed by atoms with Gasteiger partial charge in [0.05, 0.1) is 17.4 Å². The Balaban J connectivity index is 1.62. The van der Waals surface area contributed by atoms with Crippen molar-refractivity contribution in [3.05, 3.63) is 59.9 Å². The number of anilines is 2. The number of rotatable bonds is 5. The van der Waals surface area contributed by atoms with Crippen LogP contribution in [0.15, 0.2) is 36.8 Å². The molecule has 4 rings (SSSR count). The van der Waals surface area contributed by atoms with Crippen LogP contribution in [0.1, 0.15) is 29.8 Å². The molecule has 0 radical (unpaired) electrons. The average molecular weight is 458 g/mol. The van der Waals surface area contributed by atoms with Gasteiger partial charge in [-0.05, 0) is 44.5 Å². The number of ether oxygens (including phenoxy) is 1. The number of carbonyl (C=O) groups is 1. The van der Waals surface area contributed by atoms with Crippen LogP contribution in [0.4, 0.5) is 24.5 Å². The molecular formula is C22H21F3N6O2. The summed E-state index contributed by atoms with van der Waals surface area (Å²) in [5, 5.41) is 5.82. The van der Waals surface area contributed by atoms with Gasteiger partial charge in [-0.2, -0.15) is 4.98 Å². The van der Waals surface area contributed by atoms with Crippen LogP contribution >= 0.6 is 0 Å². The quantitative estimate of drug-likeness (QED) is 0.537. The molecule has 2 aromatic heterocycles. The highest BCUT2D eigenvalue weighted by Gasteiger charge is 2.23. The lowest BCUT2D eigenvalue weighted by atomic mass is 10.1. The molecule has 0 spiro atoms. The average Bonchev–Trinajstić information content (AvgIpc) is 3.05. The van der Waals surface area contributed by atoms with Gasteiger partial charge in [0.25, 0.3) is 5.91 Å². The maximum absolute atomic E-state index is 14.5. The van der Waals surface area contributed by atoms with Gasteiger partial charge in [0, 0.05) is 6.07 Å². The first kappa shape index (κ1) is 22.5. The first-order valence-corrected chi connectivity index (χ1v) is 10.3. The molecule has 1 unspecified atom stereocenters. The highest BCUT2D eigenvalue weighted by Crippen LogP contribution is 2.30. The predicted molar refractivity (Wildman–Crippen MR) is 115 cm³/mol. The maximum atomic E-state index is 14.5. The largest absolute Gasteiger partial charge is 0.473 e. The first-order valence-electron chi connectivity index (χ1n) is 10.3. The Hall–Kier alpha value is -3.73. The summed E-state index contributed by atoms with van der Waals surface area (Å²) in [6.07, 6.45) is 5.03. The number of carbonyl (C=O) groups excluding carboxylic acids is 1. The van der Waals surface area contributed by atoms with Crippen LogP contribution in [-0.4, -0.2) is 40.1 Å². The molecule has 33 heavy (non-hydrogen) atoms. The molecule has 3 heterocycles. The zero-order valence-electron chi connectivity index (χ0n) is 17.4. The molecule has 1 fully saturated rings. The van der Waals surface area contributed by atoms with Gasteiger partial charge in [-0.3, -0.25) is 4.79 Å². The zero-order chi connectivity index (χ0) is 23.4. The fourth-order valence-corrected chi connectivity index (χ4v) is 3.53. The van der Waals surface area contributed by atoms with E-state index >= 15 is 0 Å². The monoisotopic (exact) mass is 458 g/mol. The van der Waals surface area contributed by atoms with Crippen LogP contribution in [-0.2, 0) is 0 Å². The highest BCUT2D eigenvalue weighted by atomic mass is 19.1. The molecule has 8 nitrogen and oxygen atoms in total. The fraction of sp³-hybridized carbons (Fsp3) is 0.273. The molecule has 0 saturated carbocycles. The van der Waals surface area contributed by atoms with Crippen molar-refractivity contribution in [2.45, 2.75) is 25.4 Å². The van der Waals surface area contributed by atoms with Crippen molar-refractivity contribution < 1.29 is 22.7 Å². The summed E-state index contributed by atoms with van der Waals surface area (Å²) < 4.78 is 48.8. The number of amides is 1. The number of aromatic nitrogens is 3. The summed E-state index contributed by atoms with van der Waals surface area (Å²) in [6, 6.07) is 3.85. The highest BCUT2D eigenvalue weighted by molar-refractivity contribution is 6.07. The Labute approximate surface area is 187 Å². The molecule has 3 aromatic rings. The second-order valence-corrected chi connectivity index (χ2v) is 7.47. The van der Waals surface area contributed by atoms with E-state index in [4.69, 9.17) is 10.5 Å². The number of pyridine rings is 1. The van der Waals surface area contributed by atoms with Gasteiger partial charge in [0.1, 0.15) is 35.4 Å². The summed E-state index contributed by atoms with van der Waals surface area (Å²) in [6.45, 7) is 1.69. The molecular weight excluding hydrogens is 437 g/mol. The van der Waals surface area contributed by atoms with Crippen molar-refractivity contribution in [3.8, 4) is 17.1 Å². The summed E-state index contributed by atoms with van der Waals surface area (Å²) in [7, 11) is 0. The molecule has 1 saturated heterocycles. The molecule has 0 bridgehead atoms. The van der Waals surface area contributed by atoms with Gasteiger partial charge < -0.3 is 21.1 Å². The molecule has 11 heteroatoms. The van der Waals surface area contributed by atoms with Crippen molar-refractivity contribution in [3.63, 3.8) is 0 Å². The van der Waals surface area contributed by atoms with Crippen LogP contribution in [0, 0.1) is 17.5 Å². The minimum atomic E-state index is -1.07. The lowest BCUT2D eigenvalue weighted by Gasteiger charge is -2.18. The molecule has 0 aliphatic carbocycles. The van der Waals surface area contributed by atoms with Crippen molar-refractivity contribution >= 4 is 17.3 Å². The molecule has 1 aliphatic heterocycles. The van der Waals surface area contributed by atoms with Gasteiger partial charge in [-0.25, -0.2) is 23.1 Å². The zero-order valence-corrected chi connectivity index (χ0v) is 17.4. The van der Waals surface area contributed by atoms with Gasteiger partial charge >= 0.3 is 0 Å². The molecule has 1 atom stereocenters. The topological polar surface area (TPSA) is 115 Å². The summed E-state index contributed by atoms with van der Waals surface area (Å²) >= 11 is 0. The molecule has 4 N–H and O–H groups in total. The SMILES string of the molecule is Nc1cc(F)c(-c2c(F)cccc2F)nc1C(=O)Nc1cncnc1OC1CCCNCC1.